The second-order valence-electron chi connectivity index (χ2n) is 3.60. The van der Waals surface area contributed by atoms with E-state index < -0.39 is 0 Å². The summed E-state index contributed by atoms with van der Waals surface area (Å²) in [5, 5.41) is 4.21. The van der Waals surface area contributed by atoms with Crippen LogP contribution in [0.15, 0.2) is 16.8 Å². The van der Waals surface area contributed by atoms with Gasteiger partial charge in [0.25, 0.3) is 0 Å². The average molecular weight is 199 g/mol. The van der Waals surface area contributed by atoms with Gasteiger partial charge in [-0.05, 0) is 42.7 Å². The lowest BCUT2D eigenvalue weighted by molar-refractivity contribution is 0.101. The topological polar surface area (TPSA) is 35.2 Å². The normalized spacial score (nSPS) is 15.6. The summed E-state index contributed by atoms with van der Waals surface area (Å²) in [4.78, 5) is 0. The predicted molar refractivity (Wildman–Crippen MR) is 57.1 cm³/mol. The molecule has 3 heteroatoms. The zero-order valence-electron chi connectivity index (χ0n) is 8.25. The van der Waals surface area contributed by atoms with E-state index in [0.29, 0.717) is 6.61 Å². The first-order valence-corrected chi connectivity index (χ1v) is 5.46. The molecule has 0 saturated carbocycles. The first-order valence-electron chi connectivity index (χ1n) is 4.52. The number of thiophene rings is 1. The number of rotatable bonds is 5. The van der Waals surface area contributed by atoms with Gasteiger partial charge in [0.05, 0.1) is 6.61 Å². The lowest BCUT2D eigenvalue weighted by atomic mass is 9.97. The molecule has 0 fully saturated rings. The van der Waals surface area contributed by atoms with Crippen molar-refractivity contribution in [3.05, 3.63) is 22.4 Å². The lowest BCUT2D eigenvalue weighted by Gasteiger charge is -2.23. The molecule has 0 radical (unpaired) electrons. The fourth-order valence-corrected chi connectivity index (χ4v) is 1.91. The van der Waals surface area contributed by atoms with Gasteiger partial charge in [-0.1, -0.05) is 0 Å². The Labute approximate surface area is 83.7 Å². The molecular weight excluding hydrogens is 182 g/mol. The summed E-state index contributed by atoms with van der Waals surface area (Å²) < 4.78 is 5.33. The number of hydrogen-bond donors (Lipinski definition) is 1. The van der Waals surface area contributed by atoms with E-state index in [1.807, 2.05) is 13.8 Å². The Kier molecular flexibility index (Phi) is 3.90. The Hall–Kier alpha value is -0.380. The van der Waals surface area contributed by atoms with Gasteiger partial charge >= 0.3 is 0 Å². The van der Waals surface area contributed by atoms with Crippen LogP contribution >= 0.6 is 11.3 Å². The molecular formula is C10H17NOS. The molecule has 0 amide bonds. The van der Waals surface area contributed by atoms with Gasteiger partial charge in [-0.25, -0.2) is 0 Å². The summed E-state index contributed by atoms with van der Waals surface area (Å²) in [6.45, 7) is 5.37. The summed E-state index contributed by atoms with van der Waals surface area (Å²) in [5.41, 5.74) is 7.14. The Morgan fingerprint density at radius 2 is 2.38 bits per heavy atom. The van der Waals surface area contributed by atoms with E-state index in [0.717, 1.165) is 13.0 Å². The molecule has 1 rings (SSSR count). The highest BCUT2D eigenvalue weighted by Gasteiger charge is 2.19. The van der Waals surface area contributed by atoms with Crippen LogP contribution in [0.2, 0.25) is 0 Å². The van der Waals surface area contributed by atoms with Crippen LogP contribution in [0, 0.1) is 0 Å². The predicted octanol–water partition coefficient (Wildman–Crippen LogP) is 2.04. The first kappa shape index (κ1) is 10.7. The molecule has 2 nitrogen and oxygen atoms in total. The van der Waals surface area contributed by atoms with Crippen molar-refractivity contribution in [1.29, 1.82) is 0 Å². The van der Waals surface area contributed by atoms with Gasteiger partial charge < -0.3 is 10.5 Å². The lowest BCUT2D eigenvalue weighted by Crippen LogP contribution is -2.43. The summed E-state index contributed by atoms with van der Waals surface area (Å²) in [5.74, 6) is 0. The van der Waals surface area contributed by atoms with Gasteiger partial charge in [0.1, 0.15) is 0 Å². The van der Waals surface area contributed by atoms with Crippen LogP contribution in [0.1, 0.15) is 19.4 Å². The van der Waals surface area contributed by atoms with Crippen LogP contribution in [0.4, 0.5) is 0 Å². The number of nitrogens with two attached hydrogens (primary N) is 1. The third-order valence-electron chi connectivity index (χ3n) is 1.82. The van der Waals surface area contributed by atoms with Crippen LogP contribution < -0.4 is 5.73 Å². The van der Waals surface area contributed by atoms with Crippen molar-refractivity contribution in [3.63, 3.8) is 0 Å². The summed E-state index contributed by atoms with van der Waals surface area (Å²) in [6, 6.07) is 2.11. The molecule has 74 valence electrons. The van der Waals surface area contributed by atoms with E-state index in [1.165, 1.54) is 5.56 Å². The molecule has 0 aliphatic carbocycles. The first-order chi connectivity index (χ1) is 6.14. The molecule has 0 saturated heterocycles. The van der Waals surface area contributed by atoms with Gasteiger partial charge in [-0.3, -0.25) is 0 Å². The zero-order valence-corrected chi connectivity index (χ0v) is 9.06. The Balaban J connectivity index is 2.42. The number of ether oxygens (including phenoxy) is 1. The third-order valence-corrected chi connectivity index (χ3v) is 2.56. The molecule has 1 aromatic heterocycles. The van der Waals surface area contributed by atoms with Crippen molar-refractivity contribution < 1.29 is 4.74 Å². The number of hydrogen-bond acceptors (Lipinski definition) is 3. The maximum atomic E-state index is 6.07. The molecule has 0 bridgehead atoms. The monoisotopic (exact) mass is 199 g/mol. The van der Waals surface area contributed by atoms with Gasteiger partial charge in [0, 0.05) is 12.1 Å². The van der Waals surface area contributed by atoms with Crippen molar-refractivity contribution in [2.24, 2.45) is 5.73 Å². The van der Waals surface area contributed by atoms with Crippen molar-refractivity contribution in [2.45, 2.75) is 25.8 Å². The van der Waals surface area contributed by atoms with Crippen molar-refractivity contribution in [1.82, 2.24) is 0 Å². The standard InChI is InChI=1S/C10H17NOS/c1-3-12-8-10(2,11)6-9-4-5-13-7-9/h4-5,7H,3,6,8,11H2,1-2H3. The van der Waals surface area contributed by atoms with Crippen molar-refractivity contribution in [2.75, 3.05) is 13.2 Å². The van der Waals surface area contributed by atoms with Crippen LogP contribution in [0.3, 0.4) is 0 Å². The summed E-state index contributed by atoms with van der Waals surface area (Å²) in [7, 11) is 0. The Morgan fingerprint density at radius 1 is 1.62 bits per heavy atom. The van der Waals surface area contributed by atoms with Crippen molar-refractivity contribution in [3.8, 4) is 0 Å². The quantitative estimate of drug-likeness (QED) is 0.787. The van der Waals surface area contributed by atoms with E-state index >= 15 is 0 Å². The second kappa shape index (κ2) is 4.74. The van der Waals surface area contributed by atoms with Gasteiger partial charge in [-0.15, -0.1) is 0 Å². The molecule has 0 spiro atoms. The minimum absolute atomic E-state index is 0.239. The molecule has 1 aromatic rings. The van der Waals surface area contributed by atoms with E-state index in [-0.39, 0.29) is 5.54 Å². The third kappa shape index (κ3) is 3.89. The maximum absolute atomic E-state index is 6.07. The molecule has 2 N–H and O–H groups in total. The highest BCUT2D eigenvalue weighted by atomic mass is 32.1. The fraction of sp³-hybridized carbons (Fsp3) is 0.600. The highest BCUT2D eigenvalue weighted by Crippen LogP contribution is 2.14. The van der Waals surface area contributed by atoms with Gasteiger partial charge in [0.15, 0.2) is 0 Å². The summed E-state index contributed by atoms with van der Waals surface area (Å²) >= 11 is 1.71. The second-order valence-corrected chi connectivity index (χ2v) is 4.38. The van der Waals surface area contributed by atoms with E-state index in [2.05, 4.69) is 16.8 Å². The molecule has 1 heterocycles. The SMILES string of the molecule is CCOCC(C)(N)Cc1ccsc1. The minimum atomic E-state index is -0.239. The van der Waals surface area contributed by atoms with Crippen LogP contribution in [0.5, 0.6) is 0 Å². The van der Waals surface area contributed by atoms with Crippen LogP contribution in [-0.4, -0.2) is 18.8 Å². The molecule has 0 aromatic carbocycles. The minimum Gasteiger partial charge on any atom is -0.380 e. The molecule has 0 aliphatic heterocycles. The van der Waals surface area contributed by atoms with E-state index in [9.17, 15) is 0 Å². The van der Waals surface area contributed by atoms with Crippen molar-refractivity contribution >= 4 is 11.3 Å². The van der Waals surface area contributed by atoms with Gasteiger partial charge in [0.2, 0.25) is 0 Å². The van der Waals surface area contributed by atoms with Crippen LogP contribution in [-0.2, 0) is 11.2 Å². The molecule has 13 heavy (non-hydrogen) atoms. The smallest absolute Gasteiger partial charge is 0.0646 e. The largest absolute Gasteiger partial charge is 0.380 e. The fourth-order valence-electron chi connectivity index (χ4n) is 1.25. The molecule has 1 unspecified atom stereocenters. The van der Waals surface area contributed by atoms with Crippen LogP contribution in [0.25, 0.3) is 0 Å². The Morgan fingerprint density at radius 3 is 2.92 bits per heavy atom. The molecule has 0 aliphatic rings. The van der Waals surface area contributed by atoms with E-state index in [4.69, 9.17) is 10.5 Å². The summed E-state index contributed by atoms with van der Waals surface area (Å²) in [6.07, 6.45) is 0.885. The van der Waals surface area contributed by atoms with E-state index in [1.54, 1.807) is 11.3 Å². The van der Waals surface area contributed by atoms with Gasteiger partial charge in [-0.2, -0.15) is 11.3 Å². The highest BCUT2D eigenvalue weighted by molar-refractivity contribution is 7.07. The zero-order chi connectivity index (χ0) is 9.73. The Bertz CT molecular complexity index is 231. The molecule has 1 atom stereocenters. The average Bonchev–Trinajstić information content (AvgIpc) is 2.52. The maximum Gasteiger partial charge on any atom is 0.0646 e.